The minimum absolute atomic E-state index is 0.0694. The first-order valence-corrected chi connectivity index (χ1v) is 12.7. The molecule has 1 aromatic carbocycles. The van der Waals surface area contributed by atoms with Crippen molar-refractivity contribution in [2.24, 2.45) is 5.92 Å². The highest BCUT2D eigenvalue weighted by Crippen LogP contribution is 2.32. The number of anilines is 3. The highest BCUT2D eigenvalue weighted by Gasteiger charge is 2.28. The van der Waals surface area contributed by atoms with Crippen LogP contribution in [0.1, 0.15) is 43.7 Å². The molecule has 198 valence electrons. The second-order valence-electron chi connectivity index (χ2n) is 10.0. The Labute approximate surface area is 211 Å². The van der Waals surface area contributed by atoms with Crippen LogP contribution in [0.4, 0.5) is 34.9 Å². The number of nitrogens with one attached hydrogen (secondary N) is 2. The number of hydrogen-bond acceptors (Lipinski definition) is 6. The third-order valence-corrected chi connectivity index (χ3v) is 7.36. The van der Waals surface area contributed by atoms with E-state index in [2.05, 4.69) is 25.5 Å². The predicted molar refractivity (Wildman–Crippen MR) is 135 cm³/mol. The van der Waals surface area contributed by atoms with E-state index in [-0.39, 0.29) is 17.5 Å². The Balaban J connectivity index is 1.29. The molecule has 2 aromatic heterocycles. The van der Waals surface area contributed by atoms with Crippen LogP contribution in [0.3, 0.4) is 0 Å². The Hall–Kier alpha value is -3.21. The number of alkyl halides is 3. The lowest BCUT2D eigenvalue weighted by molar-refractivity contribution is -0.125. The van der Waals surface area contributed by atoms with Crippen LogP contribution in [0.2, 0.25) is 0 Å². The second kappa shape index (κ2) is 10.3. The molecule has 2 N–H and O–H groups in total. The minimum Gasteiger partial charge on any atom is -0.371 e. The SMILES string of the molecule is Cc1c(F)c(=O)n(C2CCCC2)c2nc(Nc3ccc(N4CCC(CNCC(F)(F)F)C4)cc3)ncc12. The van der Waals surface area contributed by atoms with E-state index in [4.69, 9.17) is 0 Å². The van der Waals surface area contributed by atoms with E-state index in [1.54, 1.807) is 13.1 Å². The number of aromatic nitrogens is 3. The molecule has 3 heterocycles. The van der Waals surface area contributed by atoms with Gasteiger partial charge in [0.2, 0.25) is 5.95 Å². The maximum atomic E-state index is 14.7. The van der Waals surface area contributed by atoms with Crippen LogP contribution < -0.4 is 21.1 Å². The summed E-state index contributed by atoms with van der Waals surface area (Å²) < 4.78 is 53.3. The number of pyridine rings is 1. The summed E-state index contributed by atoms with van der Waals surface area (Å²) >= 11 is 0. The van der Waals surface area contributed by atoms with Gasteiger partial charge >= 0.3 is 6.18 Å². The lowest BCUT2D eigenvalue weighted by atomic mass is 10.1. The number of halogens is 4. The normalized spacial score (nSPS) is 18.7. The first-order chi connectivity index (χ1) is 17.7. The van der Waals surface area contributed by atoms with Crippen molar-refractivity contribution in [3.63, 3.8) is 0 Å². The van der Waals surface area contributed by atoms with Gasteiger partial charge in [0.25, 0.3) is 5.56 Å². The number of aryl methyl sites for hydroxylation is 1. The van der Waals surface area contributed by atoms with Crippen molar-refractivity contribution in [3.05, 3.63) is 52.2 Å². The molecule has 2 aliphatic rings. The molecule has 11 heteroatoms. The zero-order valence-electron chi connectivity index (χ0n) is 20.6. The molecule has 0 amide bonds. The van der Waals surface area contributed by atoms with Crippen LogP contribution in [0, 0.1) is 18.7 Å². The molecule has 0 bridgehead atoms. The summed E-state index contributed by atoms with van der Waals surface area (Å²) in [5.41, 5.74) is 1.79. The Bertz CT molecular complexity index is 1320. The summed E-state index contributed by atoms with van der Waals surface area (Å²) in [4.78, 5) is 23.9. The molecular weight excluding hydrogens is 488 g/mol. The molecule has 1 unspecified atom stereocenters. The summed E-state index contributed by atoms with van der Waals surface area (Å²) in [7, 11) is 0. The van der Waals surface area contributed by atoms with Crippen molar-refractivity contribution in [2.75, 3.05) is 36.4 Å². The number of rotatable bonds is 7. The molecule has 1 aliphatic heterocycles. The highest BCUT2D eigenvalue weighted by molar-refractivity contribution is 5.79. The Morgan fingerprint density at radius 3 is 2.54 bits per heavy atom. The first kappa shape index (κ1) is 25.4. The van der Waals surface area contributed by atoms with Gasteiger partial charge in [-0.15, -0.1) is 0 Å². The monoisotopic (exact) mass is 518 g/mol. The maximum absolute atomic E-state index is 14.7. The summed E-state index contributed by atoms with van der Waals surface area (Å²) in [6.45, 7) is 2.42. The van der Waals surface area contributed by atoms with Crippen LogP contribution >= 0.6 is 0 Å². The van der Waals surface area contributed by atoms with E-state index >= 15 is 0 Å². The minimum atomic E-state index is -4.20. The van der Waals surface area contributed by atoms with Gasteiger partial charge < -0.3 is 15.5 Å². The summed E-state index contributed by atoms with van der Waals surface area (Å²) in [6.07, 6.45) is 1.83. The van der Waals surface area contributed by atoms with Crippen LogP contribution in [-0.2, 0) is 0 Å². The number of nitrogens with zero attached hydrogens (tertiary/aromatic N) is 4. The van der Waals surface area contributed by atoms with Crippen LogP contribution in [0.5, 0.6) is 0 Å². The molecule has 1 saturated heterocycles. The van der Waals surface area contributed by atoms with Crippen molar-refractivity contribution >= 4 is 28.4 Å². The maximum Gasteiger partial charge on any atom is 0.401 e. The van der Waals surface area contributed by atoms with Crippen molar-refractivity contribution in [3.8, 4) is 0 Å². The van der Waals surface area contributed by atoms with E-state index < -0.39 is 24.1 Å². The molecule has 37 heavy (non-hydrogen) atoms. The fourth-order valence-electron chi connectivity index (χ4n) is 5.40. The van der Waals surface area contributed by atoms with Gasteiger partial charge in [-0.3, -0.25) is 9.36 Å². The molecule has 0 radical (unpaired) electrons. The zero-order valence-corrected chi connectivity index (χ0v) is 20.6. The Morgan fingerprint density at radius 2 is 1.84 bits per heavy atom. The van der Waals surface area contributed by atoms with Gasteiger partial charge in [-0.25, -0.2) is 9.37 Å². The van der Waals surface area contributed by atoms with E-state index in [0.29, 0.717) is 30.1 Å². The molecule has 7 nitrogen and oxygen atoms in total. The van der Waals surface area contributed by atoms with Gasteiger partial charge in [0.15, 0.2) is 5.82 Å². The fraction of sp³-hybridized carbons (Fsp3) is 0.500. The van der Waals surface area contributed by atoms with E-state index in [0.717, 1.165) is 50.0 Å². The lowest BCUT2D eigenvalue weighted by Crippen LogP contribution is -2.33. The first-order valence-electron chi connectivity index (χ1n) is 12.7. The second-order valence-corrected chi connectivity index (χ2v) is 10.0. The Morgan fingerprint density at radius 1 is 1.11 bits per heavy atom. The van der Waals surface area contributed by atoms with Gasteiger partial charge in [-0.05, 0) is 56.4 Å². The lowest BCUT2D eigenvalue weighted by Gasteiger charge is -2.20. The van der Waals surface area contributed by atoms with Crippen molar-refractivity contribution in [1.82, 2.24) is 19.9 Å². The van der Waals surface area contributed by atoms with Crippen molar-refractivity contribution < 1.29 is 17.6 Å². The van der Waals surface area contributed by atoms with E-state index in [1.807, 2.05) is 24.3 Å². The predicted octanol–water partition coefficient (Wildman–Crippen LogP) is 5.08. The summed E-state index contributed by atoms with van der Waals surface area (Å²) in [5, 5.41) is 6.20. The molecule has 2 fully saturated rings. The van der Waals surface area contributed by atoms with E-state index in [1.165, 1.54) is 4.57 Å². The number of hydrogen-bond donors (Lipinski definition) is 2. The van der Waals surface area contributed by atoms with Gasteiger partial charge in [0.1, 0.15) is 5.65 Å². The van der Waals surface area contributed by atoms with Crippen molar-refractivity contribution in [2.45, 2.75) is 51.2 Å². The van der Waals surface area contributed by atoms with Gasteiger partial charge in [0.05, 0.1) is 6.54 Å². The fourth-order valence-corrected chi connectivity index (χ4v) is 5.40. The smallest absolute Gasteiger partial charge is 0.371 e. The van der Waals surface area contributed by atoms with Crippen LogP contribution in [-0.4, -0.2) is 46.9 Å². The molecule has 1 saturated carbocycles. The average Bonchev–Trinajstić information content (AvgIpc) is 3.55. The van der Waals surface area contributed by atoms with Gasteiger partial charge in [0, 0.05) is 54.2 Å². The van der Waals surface area contributed by atoms with Gasteiger partial charge in [-0.1, -0.05) is 12.8 Å². The standard InChI is InChI=1S/C26H30F4N6O/c1-16-21-13-32-25(34-23(21)36(24(37)22(16)27)20-4-2-3-5-20)33-18-6-8-19(9-7-18)35-11-10-17(14-35)12-31-15-26(28,29)30/h6-9,13,17,20,31H,2-5,10-12,14-15H2,1H3,(H,32,33,34). The van der Waals surface area contributed by atoms with Crippen LogP contribution in [0.15, 0.2) is 35.3 Å². The van der Waals surface area contributed by atoms with Crippen molar-refractivity contribution in [1.29, 1.82) is 0 Å². The molecular formula is C26H30F4N6O. The van der Waals surface area contributed by atoms with E-state index in [9.17, 15) is 22.4 Å². The van der Waals surface area contributed by atoms with Crippen LogP contribution in [0.25, 0.3) is 11.0 Å². The number of benzene rings is 1. The quantitative estimate of drug-likeness (QED) is 0.425. The highest BCUT2D eigenvalue weighted by atomic mass is 19.4. The van der Waals surface area contributed by atoms with Gasteiger partial charge in [-0.2, -0.15) is 18.2 Å². The molecule has 1 aliphatic carbocycles. The third kappa shape index (κ3) is 5.56. The molecule has 3 aromatic rings. The largest absolute Gasteiger partial charge is 0.401 e. The average molecular weight is 519 g/mol. The number of fused-ring (bicyclic) bond motifs is 1. The molecule has 0 spiro atoms. The summed E-state index contributed by atoms with van der Waals surface area (Å²) in [5.74, 6) is -0.272. The third-order valence-electron chi connectivity index (χ3n) is 7.36. The Kier molecular flexibility index (Phi) is 7.06. The topological polar surface area (TPSA) is 75.1 Å². The molecule has 5 rings (SSSR count). The zero-order chi connectivity index (χ0) is 26.2. The molecule has 1 atom stereocenters. The summed E-state index contributed by atoms with van der Waals surface area (Å²) in [6, 6.07) is 7.60.